The van der Waals surface area contributed by atoms with Gasteiger partial charge in [0.25, 0.3) is 5.91 Å². The van der Waals surface area contributed by atoms with Crippen molar-refractivity contribution in [1.29, 1.82) is 0 Å². The molecule has 3 nitrogen and oxygen atoms in total. The molecule has 0 aliphatic heterocycles. The maximum absolute atomic E-state index is 13.6. The van der Waals surface area contributed by atoms with Gasteiger partial charge in [-0.2, -0.15) is 0 Å². The van der Waals surface area contributed by atoms with E-state index >= 15 is 0 Å². The van der Waals surface area contributed by atoms with Gasteiger partial charge in [0.2, 0.25) is 0 Å². The molecule has 0 aliphatic carbocycles. The lowest BCUT2D eigenvalue weighted by Gasteiger charge is -2.22. The van der Waals surface area contributed by atoms with Crippen LogP contribution in [-0.4, -0.2) is 17.6 Å². The van der Waals surface area contributed by atoms with Crippen molar-refractivity contribution in [3.63, 3.8) is 0 Å². The molecule has 0 saturated heterocycles. The molecule has 0 unspecified atom stereocenters. The lowest BCUT2D eigenvalue weighted by atomic mass is 10.0. The highest BCUT2D eigenvalue weighted by Crippen LogP contribution is 2.25. The first-order chi connectivity index (χ1) is 9.42. The van der Waals surface area contributed by atoms with Gasteiger partial charge >= 0.3 is 0 Å². The summed E-state index contributed by atoms with van der Waals surface area (Å²) in [5.74, 6) is -1.34. The monoisotopic (exact) mass is 313 g/mol. The normalized spacial score (nSPS) is 13.8. The molecule has 1 heterocycles. The maximum atomic E-state index is 13.6. The molecule has 2 aromatic rings. The van der Waals surface area contributed by atoms with Crippen LogP contribution in [-0.2, 0) is 5.60 Å². The molecule has 1 aromatic heterocycles. The van der Waals surface area contributed by atoms with Gasteiger partial charge in [0.05, 0.1) is 17.1 Å². The number of benzene rings is 1. The summed E-state index contributed by atoms with van der Waals surface area (Å²) in [5, 5.41) is 14.7. The summed E-state index contributed by atoms with van der Waals surface area (Å²) in [4.78, 5) is 12.7. The Morgan fingerprint density at radius 3 is 2.80 bits per heavy atom. The number of nitrogens with one attached hydrogen (secondary N) is 1. The Hall–Kier alpha value is -1.43. The molecular formula is C14H13ClFNO2S. The first-order valence-corrected chi connectivity index (χ1v) is 7.16. The second-order valence-electron chi connectivity index (χ2n) is 4.53. The summed E-state index contributed by atoms with van der Waals surface area (Å²) >= 11 is 7.19. The molecule has 0 spiro atoms. The zero-order valence-corrected chi connectivity index (χ0v) is 12.3. The highest BCUT2D eigenvalue weighted by atomic mass is 35.5. The molecule has 2 N–H and O–H groups in total. The molecule has 106 valence electrons. The number of thiophene rings is 1. The molecule has 0 bridgehead atoms. The van der Waals surface area contributed by atoms with Gasteiger partial charge in [-0.05, 0) is 30.5 Å². The minimum absolute atomic E-state index is 0.0307. The van der Waals surface area contributed by atoms with Crippen molar-refractivity contribution < 1.29 is 14.3 Å². The molecule has 1 aromatic carbocycles. The average Bonchev–Trinajstić information content (AvgIpc) is 2.91. The van der Waals surface area contributed by atoms with E-state index in [-0.39, 0.29) is 17.1 Å². The van der Waals surface area contributed by atoms with Crippen molar-refractivity contribution in [2.24, 2.45) is 0 Å². The molecule has 20 heavy (non-hydrogen) atoms. The zero-order chi connectivity index (χ0) is 14.8. The number of hydrogen-bond acceptors (Lipinski definition) is 3. The molecular weight excluding hydrogens is 301 g/mol. The lowest BCUT2D eigenvalue weighted by Crippen LogP contribution is -2.38. The zero-order valence-electron chi connectivity index (χ0n) is 10.7. The number of hydrogen-bond donors (Lipinski definition) is 2. The van der Waals surface area contributed by atoms with Crippen molar-refractivity contribution in [1.82, 2.24) is 5.32 Å². The predicted molar refractivity (Wildman–Crippen MR) is 77.6 cm³/mol. The number of amides is 1. The third-order valence-corrected chi connectivity index (χ3v) is 4.27. The fourth-order valence-electron chi connectivity index (χ4n) is 1.73. The van der Waals surface area contributed by atoms with Gasteiger partial charge in [0, 0.05) is 4.88 Å². The van der Waals surface area contributed by atoms with Crippen molar-refractivity contribution >= 4 is 28.8 Å². The summed E-state index contributed by atoms with van der Waals surface area (Å²) in [7, 11) is 0. The Morgan fingerprint density at radius 2 is 2.20 bits per heavy atom. The third kappa shape index (κ3) is 3.17. The van der Waals surface area contributed by atoms with Crippen LogP contribution in [0.3, 0.4) is 0 Å². The molecule has 1 atom stereocenters. The smallest absolute Gasteiger partial charge is 0.255 e. The third-order valence-electron chi connectivity index (χ3n) is 2.83. The fraction of sp³-hybridized carbons (Fsp3) is 0.214. The van der Waals surface area contributed by atoms with Crippen LogP contribution < -0.4 is 5.32 Å². The van der Waals surface area contributed by atoms with E-state index in [0.717, 1.165) is 10.9 Å². The van der Waals surface area contributed by atoms with Crippen LogP contribution in [0.5, 0.6) is 0 Å². The number of aliphatic hydroxyl groups is 1. The molecule has 0 saturated carbocycles. The van der Waals surface area contributed by atoms with Crippen LogP contribution in [0.25, 0.3) is 0 Å². The van der Waals surface area contributed by atoms with Crippen molar-refractivity contribution in [2.75, 3.05) is 6.54 Å². The van der Waals surface area contributed by atoms with Crippen LogP contribution in [0.2, 0.25) is 5.02 Å². The van der Waals surface area contributed by atoms with Gasteiger partial charge in [-0.3, -0.25) is 4.79 Å². The van der Waals surface area contributed by atoms with E-state index in [1.54, 1.807) is 13.0 Å². The Bertz CT molecular complexity index is 593. The van der Waals surface area contributed by atoms with E-state index in [2.05, 4.69) is 5.32 Å². The number of rotatable bonds is 4. The summed E-state index contributed by atoms with van der Waals surface area (Å²) in [6, 6.07) is 7.61. The Kier molecular flexibility index (Phi) is 4.42. The standard InChI is InChI=1S/C14H13ClFNO2S/c1-14(19,11-6-3-7-20-11)8-17-13(18)12-9(15)4-2-5-10(12)16/h2-7,19H,8H2,1H3,(H,17,18)/t14-/m0/s1. The molecule has 6 heteroatoms. The van der Waals surface area contributed by atoms with E-state index in [9.17, 15) is 14.3 Å². The lowest BCUT2D eigenvalue weighted by molar-refractivity contribution is 0.0555. The van der Waals surface area contributed by atoms with Gasteiger partial charge in [-0.25, -0.2) is 4.39 Å². The number of carbonyl (C=O) groups excluding carboxylic acids is 1. The Labute approximate surface area is 125 Å². The topological polar surface area (TPSA) is 49.3 Å². The first-order valence-electron chi connectivity index (χ1n) is 5.90. The number of halogens is 2. The van der Waals surface area contributed by atoms with Gasteiger partial charge < -0.3 is 10.4 Å². The highest BCUT2D eigenvalue weighted by molar-refractivity contribution is 7.10. The minimum Gasteiger partial charge on any atom is -0.383 e. The molecule has 1 amide bonds. The second-order valence-corrected chi connectivity index (χ2v) is 5.89. The summed E-state index contributed by atoms with van der Waals surface area (Å²) < 4.78 is 13.6. The Balaban J connectivity index is 2.10. The fourth-order valence-corrected chi connectivity index (χ4v) is 2.76. The van der Waals surface area contributed by atoms with Crippen molar-refractivity contribution in [3.8, 4) is 0 Å². The van der Waals surface area contributed by atoms with E-state index in [1.165, 1.54) is 23.5 Å². The van der Waals surface area contributed by atoms with Crippen LogP contribution in [0.15, 0.2) is 35.7 Å². The molecule has 2 rings (SSSR count). The quantitative estimate of drug-likeness (QED) is 0.911. The van der Waals surface area contributed by atoms with Crippen LogP contribution in [0.1, 0.15) is 22.2 Å². The maximum Gasteiger partial charge on any atom is 0.255 e. The van der Waals surface area contributed by atoms with Crippen LogP contribution in [0, 0.1) is 5.82 Å². The summed E-state index contributed by atoms with van der Waals surface area (Å²) in [6.07, 6.45) is 0. The van der Waals surface area contributed by atoms with Crippen molar-refractivity contribution in [3.05, 3.63) is 57.0 Å². The van der Waals surface area contributed by atoms with Crippen LogP contribution >= 0.6 is 22.9 Å². The summed E-state index contributed by atoms with van der Waals surface area (Å²) in [5.41, 5.74) is -1.42. The highest BCUT2D eigenvalue weighted by Gasteiger charge is 2.26. The minimum atomic E-state index is -1.21. The van der Waals surface area contributed by atoms with Gasteiger partial charge in [-0.1, -0.05) is 23.7 Å². The van der Waals surface area contributed by atoms with Crippen LogP contribution in [0.4, 0.5) is 4.39 Å². The van der Waals surface area contributed by atoms with E-state index in [1.807, 2.05) is 11.4 Å². The SMILES string of the molecule is C[C@](O)(CNC(=O)c1c(F)cccc1Cl)c1cccs1. The van der Waals surface area contributed by atoms with E-state index in [4.69, 9.17) is 11.6 Å². The van der Waals surface area contributed by atoms with Crippen molar-refractivity contribution in [2.45, 2.75) is 12.5 Å². The predicted octanol–water partition coefficient (Wildman–Crippen LogP) is 3.18. The average molecular weight is 314 g/mol. The van der Waals surface area contributed by atoms with E-state index < -0.39 is 17.3 Å². The van der Waals surface area contributed by atoms with Gasteiger partial charge in [-0.15, -0.1) is 11.3 Å². The largest absolute Gasteiger partial charge is 0.383 e. The molecule has 0 fully saturated rings. The van der Waals surface area contributed by atoms with Gasteiger partial charge in [0.1, 0.15) is 11.4 Å². The molecule has 0 radical (unpaired) electrons. The van der Waals surface area contributed by atoms with Gasteiger partial charge in [0.15, 0.2) is 0 Å². The summed E-state index contributed by atoms with van der Waals surface area (Å²) in [6.45, 7) is 1.55. The molecule has 0 aliphatic rings. The second kappa shape index (κ2) is 5.91. The number of carbonyl (C=O) groups is 1. The Morgan fingerprint density at radius 1 is 1.45 bits per heavy atom. The van der Waals surface area contributed by atoms with E-state index in [0.29, 0.717) is 0 Å². The first kappa shape index (κ1) is 15.0.